The minimum absolute atomic E-state index is 0.262. The van der Waals surface area contributed by atoms with Gasteiger partial charge in [-0.2, -0.15) is 0 Å². The first-order chi connectivity index (χ1) is 16.7. The fourth-order valence-corrected chi connectivity index (χ4v) is 6.43. The quantitative estimate of drug-likeness (QED) is 0.359. The number of likely N-dealkylation sites (N-methyl/N-ethyl adjacent to an activating group) is 2. The second-order valence-electron chi connectivity index (χ2n) is 10.1. The molecule has 2 aliphatic rings. The van der Waals surface area contributed by atoms with E-state index in [1.165, 1.54) is 55.4 Å². The Morgan fingerprint density at radius 1 is 0.588 bits per heavy atom. The molecule has 4 nitrogen and oxygen atoms in total. The number of rotatable bonds is 2. The highest BCUT2D eigenvalue weighted by Crippen LogP contribution is 2.40. The van der Waals surface area contributed by atoms with E-state index in [4.69, 9.17) is 0 Å². The van der Waals surface area contributed by atoms with Gasteiger partial charge < -0.3 is 9.97 Å². The van der Waals surface area contributed by atoms with Crippen molar-refractivity contribution in [3.8, 4) is 0 Å². The second kappa shape index (κ2) is 7.59. The largest absolute Gasteiger partial charge is 0.357 e. The Bertz CT molecular complexity index is 1390. The van der Waals surface area contributed by atoms with E-state index in [1.807, 2.05) is 0 Å². The van der Waals surface area contributed by atoms with Gasteiger partial charge in [-0.25, -0.2) is 0 Å². The molecule has 2 aromatic heterocycles. The molecule has 0 unspecified atom stereocenters. The van der Waals surface area contributed by atoms with E-state index in [9.17, 15) is 0 Å². The zero-order valence-electron chi connectivity index (χ0n) is 19.8. The SMILES string of the molecule is CN1CCc2c([nH]c3ccccc23)[C@@H]1c1ccc([C@H]2c3[nH]c4ccccc4c3CCN2C)cc1. The molecule has 4 heteroatoms. The van der Waals surface area contributed by atoms with Gasteiger partial charge in [0.15, 0.2) is 0 Å². The molecular weight excluding hydrogens is 416 g/mol. The summed E-state index contributed by atoms with van der Waals surface area (Å²) in [5.41, 5.74) is 10.9. The van der Waals surface area contributed by atoms with Crippen LogP contribution in [0.4, 0.5) is 0 Å². The number of hydrogen-bond donors (Lipinski definition) is 2. The third kappa shape index (κ3) is 2.92. The maximum Gasteiger partial charge on any atom is 0.0754 e. The fraction of sp³-hybridized carbons (Fsp3) is 0.267. The van der Waals surface area contributed by atoms with Crippen LogP contribution in [0.3, 0.4) is 0 Å². The molecule has 0 saturated carbocycles. The van der Waals surface area contributed by atoms with Gasteiger partial charge in [-0.05, 0) is 61.3 Å². The molecule has 0 radical (unpaired) electrons. The Kier molecular flexibility index (Phi) is 4.48. The van der Waals surface area contributed by atoms with Crippen LogP contribution in [0.2, 0.25) is 0 Å². The van der Waals surface area contributed by atoms with Crippen molar-refractivity contribution in [3.63, 3.8) is 0 Å². The molecule has 0 spiro atoms. The number of para-hydroxylation sites is 2. The standard InChI is InChI=1S/C30H30N4/c1-33-17-15-23-21-7-3-5-9-25(21)31-27(23)29(33)19-11-13-20(14-12-19)30-28-24(16-18-34(30)2)22-8-4-6-10-26(22)32-28/h3-14,29-32H,15-18H2,1-2H3/t29-,30-/m0/s1. The molecule has 3 aromatic carbocycles. The highest BCUT2D eigenvalue weighted by Gasteiger charge is 2.31. The van der Waals surface area contributed by atoms with Crippen molar-refractivity contribution in [2.24, 2.45) is 0 Å². The number of aromatic nitrogens is 2. The predicted octanol–water partition coefficient (Wildman–Crippen LogP) is 5.80. The molecule has 0 aliphatic carbocycles. The van der Waals surface area contributed by atoms with E-state index < -0.39 is 0 Å². The molecule has 2 aliphatic heterocycles. The van der Waals surface area contributed by atoms with Crippen LogP contribution in [-0.4, -0.2) is 47.0 Å². The Hall–Kier alpha value is -3.34. The van der Waals surface area contributed by atoms with Crippen LogP contribution in [0, 0.1) is 0 Å². The summed E-state index contributed by atoms with van der Waals surface area (Å²) in [6.07, 6.45) is 2.20. The van der Waals surface area contributed by atoms with Crippen molar-refractivity contribution in [1.29, 1.82) is 0 Å². The Labute approximate surface area is 200 Å². The maximum absolute atomic E-state index is 3.75. The minimum atomic E-state index is 0.262. The molecule has 5 aromatic rings. The van der Waals surface area contributed by atoms with Gasteiger partial charge in [-0.3, -0.25) is 9.80 Å². The third-order valence-corrected chi connectivity index (χ3v) is 8.12. The van der Waals surface area contributed by atoms with Crippen LogP contribution in [-0.2, 0) is 12.8 Å². The summed E-state index contributed by atoms with van der Waals surface area (Å²) in [6.45, 7) is 2.15. The predicted molar refractivity (Wildman–Crippen MR) is 139 cm³/mol. The van der Waals surface area contributed by atoms with Crippen molar-refractivity contribution in [3.05, 3.63) is 106 Å². The van der Waals surface area contributed by atoms with Crippen molar-refractivity contribution in [2.75, 3.05) is 27.2 Å². The topological polar surface area (TPSA) is 38.1 Å². The van der Waals surface area contributed by atoms with Crippen molar-refractivity contribution < 1.29 is 0 Å². The van der Waals surface area contributed by atoms with Gasteiger partial charge in [0.25, 0.3) is 0 Å². The summed E-state index contributed by atoms with van der Waals surface area (Å²) in [5, 5.41) is 2.75. The van der Waals surface area contributed by atoms with E-state index in [2.05, 4.69) is 107 Å². The van der Waals surface area contributed by atoms with Crippen LogP contribution in [0.1, 0.15) is 45.7 Å². The number of nitrogens with one attached hydrogen (secondary N) is 2. The first-order valence-electron chi connectivity index (χ1n) is 12.4. The lowest BCUT2D eigenvalue weighted by molar-refractivity contribution is 0.258. The molecule has 2 N–H and O–H groups in total. The van der Waals surface area contributed by atoms with Gasteiger partial charge in [0.1, 0.15) is 0 Å². The minimum Gasteiger partial charge on any atom is -0.357 e. The number of nitrogens with zero attached hydrogens (tertiary/aromatic N) is 2. The zero-order chi connectivity index (χ0) is 22.8. The lowest BCUT2D eigenvalue weighted by Crippen LogP contribution is -2.33. The Morgan fingerprint density at radius 3 is 1.44 bits per heavy atom. The number of hydrogen-bond acceptors (Lipinski definition) is 2. The van der Waals surface area contributed by atoms with Crippen LogP contribution in [0.5, 0.6) is 0 Å². The van der Waals surface area contributed by atoms with E-state index in [0.29, 0.717) is 0 Å². The molecule has 0 amide bonds. The van der Waals surface area contributed by atoms with Crippen LogP contribution < -0.4 is 0 Å². The molecule has 0 saturated heterocycles. The first-order valence-corrected chi connectivity index (χ1v) is 12.4. The molecule has 34 heavy (non-hydrogen) atoms. The molecule has 0 fully saturated rings. The second-order valence-corrected chi connectivity index (χ2v) is 10.1. The fourth-order valence-electron chi connectivity index (χ4n) is 6.43. The maximum atomic E-state index is 3.75. The summed E-state index contributed by atoms with van der Waals surface area (Å²) in [7, 11) is 4.50. The van der Waals surface area contributed by atoms with E-state index in [0.717, 1.165) is 25.9 Å². The monoisotopic (exact) mass is 446 g/mol. The van der Waals surface area contributed by atoms with Gasteiger partial charge in [0, 0.05) is 46.3 Å². The van der Waals surface area contributed by atoms with Crippen LogP contribution >= 0.6 is 0 Å². The lowest BCUT2D eigenvalue weighted by Gasteiger charge is -2.35. The van der Waals surface area contributed by atoms with Crippen molar-refractivity contribution in [1.82, 2.24) is 19.8 Å². The average molecular weight is 447 g/mol. The van der Waals surface area contributed by atoms with Gasteiger partial charge in [-0.1, -0.05) is 60.7 Å². The summed E-state index contributed by atoms with van der Waals surface area (Å²) in [4.78, 5) is 12.5. The number of fused-ring (bicyclic) bond motifs is 6. The molecule has 0 bridgehead atoms. The van der Waals surface area contributed by atoms with Crippen LogP contribution in [0.25, 0.3) is 21.8 Å². The number of benzene rings is 3. The number of aromatic amines is 2. The molecular formula is C30H30N4. The average Bonchev–Trinajstić information content (AvgIpc) is 3.42. The van der Waals surface area contributed by atoms with Gasteiger partial charge in [0.2, 0.25) is 0 Å². The van der Waals surface area contributed by atoms with E-state index in [-0.39, 0.29) is 12.1 Å². The summed E-state index contributed by atoms with van der Waals surface area (Å²) in [6, 6.07) is 27.4. The Morgan fingerprint density at radius 2 is 1.00 bits per heavy atom. The molecule has 2 atom stereocenters. The van der Waals surface area contributed by atoms with Crippen LogP contribution in [0.15, 0.2) is 72.8 Å². The Balaban J connectivity index is 1.29. The zero-order valence-corrected chi connectivity index (χ0v) is 19.8. The van der Waals surface area contributed by atoms with Gasteiger partial charge in [-0.15, -0.1) is 0 Å². The first kappa shape index (κ1) is 20.1. The highest BCUT2D eigenvalue weighted by molar-refractivity contribution is 5.86. The van der Waals surface area contributed by atoms with Crippen molar-refractivity contribution in [2.45, 2.75) is 24.9 Å². The molecule has 7 rings (SSSR count). The third-order valence-electron chi connectivity index (χ3n) is 8.12. The smallest absolute Gasteiger partial charge is 0.0754 e. The lowest BCUT2D eigenvalue weighted by atomic mass is 9.89. The van der Waals surface area contributed by atoms with Crippen molar-refractivity contribution >= 4 is 21.8 Å². The normalized spacial score (nSPS) is 21.1. The molecule has 170 valence electrons. The van der Waals surface area contributed by atoms with E-state index in [1.54, 1.807) is 0 Å². The van der Waals surface area contributed by atoms with Gasteiger partial charge >= 0.3 is 0 Å². The summed E-state index contributed by atoms with van der Waals surface area (Å²) < 4.78 is 0. The van der Waals surface area contributed by atoms with E-state index >= 15 is 0 Å². The van der Waals surface area contributed by atoms with Gasteiger partial charge in [0.05, 0.1) is 12.1 Å². The summed E-state index contributed by atoms with van der Waals surface area (Å²) in [5.74, 6) is 0. The highest BCUT2D eigenvalue weighted by atomic mass is 15.2. The molecule has 4 heterocycles. The number of H-pyrrole nitrogens is 2. The summed E-state index contributed by atoms with van der Waals surface area (Å²) >= 11 is 0.